The van der Waals surface area contributed by atoms with Crippen molar-refractivity contribution in [3.05, 3.63) is 12.7 Å². The van der Waals surface area contributed by atoms with Gasteiger partial charge in [-0.1, -0.05) is 26.0 Å². The lowest BCUT2D eigenvalue weighted by molar-refractivity contribution is -0.142. The number of unbranched alkanes of at least 4 members (excludes halogenated alkanes) is 2. The van der Waals surface area contributed by atoms with E-state index in [-0.39, 0.29) is 5.97 Å². The summed E-state index contributed by atoms with van der Waals surface area (Å²) in [4.78, 5) is 11.0. The fourth-order valence-electron chi connectivity index (χ4n) is 1.12. The third-order valence-corrected chi connectivity index (χ3v) is 1.88. The van der Waals surface area contributed by atoms with Gasteiger partial charge >= 0.3 is 5.97 Å². The molecule has 15 heavy (non-hydrogen) atoms. The third kappa shape index (κ3) is 11.1. The molecule has 0 saturated heterocycles. The van der Waals surface area contributed by atoms with Crippen LogP contribution in [0.15, 0.2) is 12.7 Å². The molecular formula is C12H22O3. The van der Waals surface area contributed by atoms with Gasteiger partial charge in [-0.15, -0.1) is 0 Å². The Morgan fingerprint density at radius 3 is 2.73 bits per heavy atom. The minimum atomic E-state index is -0.135. The zero-order valence-electron chi connectivity index (χ0n) is 9.67. The standard InChI is InChI=1S/C12H22O3/c1-3-9-14-11-7-5-6-8-12(13)15-10-4-2/h4H,2-3,5-11H2,1H3. The minimum absolute atomic E-state index is 0.135. The average Bonchev–Trinajstić information content (AvgIpc) is 2.25. The van der Waals surface area contributed by atoms with Gasteiger partial charge in [0.15, 0.2) is 0 Å². The van der Waals surface area contributed by atoms with E-state index < -0.39 is 0 Å². The molecule has 0 atom stereocenters. The summed E-state index contributed by atoms with van der Waals surface area (Å²) in [7, 11) is 0. The molecule has 0 rings (SSSR count). The van der Waals surface area contributed by atoms with Gasteiger partial charge in [-0.3, -0.25) is 4.79 Å². The van der Waals surface area contributed by atoms with Crippen molar-refractivity contribution in [3.63, 3.8) is 0 Å². The van der Waals surface area contributed by atoms with Crippen LogP contribution in [-0.2, 0) is 14.3 Å². The van der Waals surface area contributed by atoms with Crippen LogP contribution in [0.5, 0.6) is 0 Å². The van der Waals surface area contributed by atoms with E-state index in [4.69, 9.17) is 9.47 Å². The Labute approximate surface area is 92.5 Å². The summed E-state index contributed by atoms with van der Waals surface area (Å²) in [6, 6.07) is 0. The summed E-state index contributed by atoms with van der Waals surface area (Å²) in [6.45, 7) is 7.52. The molecule has 3 heteroatoms. The zero-order valence-corrected chi connectivity index (χ0v) is 9.67. The fourth-order valence-corrected chi connectivity index (χ4v) is 1.12. The molecule has 0 spiro atoms. The first-order valence-electron chi connectivity index (χ1n) is 5.65. The van der Waals surface area contributed by atoms with Crippen molar-refractivity contribution in [2.45, 2.75) is 39.0 Å². The van der Waals surface area contributed by atoms with Crippen molar-refractivity contribution >= 4 is 5.97 Å². The minimum Gasteiger partial charge on any atom is -0.461 e. The van der Waals surface area contributed by atoms with Crippen molar-refractivity contribution in [1.29, 1.82) is 0 Å². The fraction of sp³-hybridized carbons (Fsp3) is 0.750. The van der Waals surface area contributed by atoms with Gasteiger partial charge in [0.2, 0.25) is 0 Å². The van der Waals surface area contributed by atoms with E-state index in [1.807, 2.05) is 0 Å². The third-order valence-electron chi connectivity index (χ3n) is 1.88. The van der Waals surface area contributed by atoms with Gasteiger partial charge in [-0.05, 0) is 19.3 Å². The SMILES string of the molecule is C=CCOC(=O)CCCCCOCCC. The van der Waals surface area contributed by atoms with Crippen LogP contribution in [0.25, 0.3) is 0 Å². The van der Waals surface area contributed by atoms with E-state index in [1.54, 1.807) is 6.08 Å². The molecule has 88 valence electrons. The van der Waals surface area contributed by atoms with Gasteiger partial charge in [-0.2, -0.15) is 0 Å². The Hall–Kier alpha value is -0.830. The van der Waals surface area contributed by atoms with Gasteiger partial charge in [0.05, 0.1) is 0 Å². The maximum absolute atomic E-state index is 11.0. The lowest BCUT2D eigenvalue weighted by atomic mass is 10.2. The summed E-state index contributed by atoms with van der Waals surface area (Å²) in [5.41, 5.74) is 0. The highest BCUT2D eigenvalue weighted by molar-refractivity contribution is 5.69. The molecule has 0 aromatic rings. The van der Waals surface area contributed by atoms with E-state index in [9.17, 15) is 4.79 Å². The normalized spacial score (nSPS) is 9.93. The van der Waals surface area contributed by atoms with E-state index in [2.05, 4.69) is 13.5 Å². The molecule has 0 amide bonds. The molecule has 3 nitrogen and oxygen atoms in total. The second-order valence-corrected chi connectivity index (χ2v) is 3.39. The highest BCUT2D eigenvalue weighted by Gasteiger charge is 2.00. The number of carbonyl (C=O) groups is 1. The highest BCUT2D eigenvalue weighted by atomic mass is 16.5. The van der Waals surface area contributed by atoms with Crippen LogP contribution in [0.1, 0.15) is 39.0 Å². The first kappa shape index (κ1) is 14.2. The number of hydrogen-bond donors (Lipinski definition) is 0. The zero-order chi connectivity index (χ0) is 11.4. The number of esters is 1. The summed E-state index contributed by atoms with van der Waals surface area (Å²) >= 11 is 0. The molecule has 0 fully saturated rings. The first-order valence-corrected chi connectivity index (χ1v) is 5.65. The van der Waals surface area contributed by atoms with E-state index in [0.717, 1.165) is 38.9 Å². The molecule has 0 N–H and O–H groups in total. The molecule has 0 bridgehead atoms. The van der Waals surface area contributed by atoms with Gasteiger partial charge < -0.3 is 9.47 Å². The predicted molar refractivity (Wildman–Crippen MR) is 60.7 cm³/mol. The Morgan fingerprint density at radius 1 is 1.27 bits per heavy atom. The molecular weight excluding hydrogens is 192 g/mol. The lowest BCUT2D eigenvalue weighted by Gasteiger charge is -2.03. The molecule has 0 unspecified atom stereocenters. The van der Waals surface area contributed by atoms with Crippen molar-refractivity contribution in [3.8, 4) is 0 Å². The second kappa shape index (κ2) is 11.2. The molecule has 0 heterocycles. The Kier molecular flexibility index (Phi) is 10.6. The summed E-state index contributed by atoms with van der Waals surface area (Å²) in [5, 5.41) is 0. The van der Waals surface area contributed by atoms with Gasteiger partial charge in [-0.25, -0.2) is 0 Å². The smallest absolute Gasteiger partial charge is 0.306 e. The van der Waals surface area contributed by atoms with Crippen LogP contribution in [-0.4, -0.2) is 25.8 Å². The van der Waals surface area contributed by atoms with Gasteiger partial charge in [0.25, 0.3) is 0 Å². The summed E-state index contributed by atoms with van der Waals surface area (Å²) in [6.07, 6.45) is 6.07. The van der Waals surface area contributed by atoms with Crippen LogP contribution in [0.4, 0.5) is 0 Å². The molecule has 0 aromatic heterocycles. The molecule has 0 aromatic carbocycles. The summed E-state index contributed by atoms with van der Waals surface area (Å²) in [5.74, 6) is -0.135. The summed E-state index contributed by atoms with van der Waals surface area (Å²) < 4.78 is 10.2. The van der Waals surface area contributed by atoms with Crippen molar-refractivity contribution < 1.29 is 14.3 Å². The molecule has 0 aliphatic rings. The Balaban J connectivity index is 3.09. The highest BCUT2D eigenvalue weighted by Crippen LogP contribution is 2.01. The van der Waals surface area contributed by atoms with Crippen molar-refractivity contribution in [2.24, 2.45) is 0 Å². The number of ether oxygens (including phenoxy) is 2. The Morgan fingerprint density at radius 2 is 2.07 bits per heavy atom. The lowest BCUT2D eigenvalue weighted by Crippen LogP contribution is -2.04. The van der Waals surface area contributed by atoms with Crippen LogP contribution < -0.4 is 0 Å². The number of hydrogen-bond acceptors (Lipinski definition) is 3. The van der Waals surface area contributed by atoms with E-state index in [1.165, 1.54) is 0 Å². The molecule has 0 radical (unpaired) electrons. The van der Waals surface area contributed by atoms with E-state index >= 15 is 0 Å². The molecule has 0 aliphatic carbocycles. The number of rotatable bonds is 10. The van der Waals surface area contributed by atoms with Crippen LogP contribution >= 0.6 is 0 Å². The van der Waals surface area contributed by atoms with Crippen molar-refractivity contribution in [2.75, 3.05) is 19.8 Å². The monoisotopic (exact) mass is 214 g/mol. The predicted octanol–water partition coefficient (Wildman–Crippen LogP) is 2.70. The second-order valence-electron chi connectivity index (χ2n) is 3.39. The first-order chi connectivity index (χ1) is 7.31. The van der Waals surface area contributed by atoms with Crippen LogP contribution in [0, 0.1) is 0 Å². The van der Waals surface area contributed by atoms with Crippen molar-refractivity contribution in [1.82, 2.24) is 0 Å². The van der Waals surface area contributed by atoms with Gasteiger partial charge in [0.1, 0.15) is 6.61 Å². The number of carbonyl (C=O) groups excluding carboxylic acids is 1. The quantitative estimate of drug-likeness (QED) is 0.318. The molecule has 0 saturated carbocycles. The molecule has 0 aliphatic heterocycles. The van der Waals surface area contributed by atoms with E-state index in [0.29, 0.717) is 13.0 Å². The average molecular weight is 214 g/mol. The Bertz CT molecular complexity index is 166. The topological polar surface area (TPSA) is 35.5 Å². The maximum Gasteiger partial charge on any atom is 0.306 e. The van der Waals surface area contributed by atoms with Gasteiger partial charge in [0, 0.05) is 19.6 Å². The maximum atomic E-state index is 11.0. The van der Waals surface area contributed by atoms with Crippen LogP contribution in [0.3, 0.4) is 0 Å². The van der Waals surface area contributed by atoms with Crippen LogP contribution in [0.2, 0.25) is 0 Å². The largest absolute Gasteiger partial charge is 0.461 e.